The molecule has 0 fully saturated rings. The molecule has 0 bridgehead atoms. The molecule has 0 radical (unpaired) electrons. The summed E-state index contributed by atoms with van der Waals surface area (Å²) < 4.78 is 4.82. The first-order valence-corrected chi connectivity index (χ1v) is 5.56. The highest BCUT2D eigenvalue weighted by Crippen LogP contribution is 2.12. The molecule has 3 heteroatoms. The number of Topliss-reactive ketones (excluding diaryl/α,β-unsaturated/α-hetero) is 1. The van der Waals surface area contributed by atoms with E-state index < -0.39 is 0 Å². The lowest BCUT2D eigenvalue weighted by molar-refractivity contribution is -0.141. The number of hydrogen-bond acceptors (Lipinski definition) is 3. The third-order valence-corrected chi connectivity index (χ3v) is 2.13. The van der Waals surface area contributed by atoms with Gasteiger partial charge < -0.3 is 4.74 Å². The molecule has 88 valence electrons. The summed E-state index contributed by atoms with van der Waals surface area (Å²) in [5, 5.41) is 0. The maximum absolute atomic E-state index is 11.5. The van der Waals surface area contributed by atoms with Crippen LogP contribution in [-0.4, -0.2) is 18.4 Å². The average Bonchev–Trinajstić information content (AvgIpc) is 2.00. The molecule has 1 unspecified atom stereocenters. The van der Waals surface area contributed by atoms with Crippen LogP contribution in [0.5, 0.6) is 0 Å². The molecule has 0 rings (SSSR count). The van der Waals surface area contributed by atoms with E-state index >= 15 is 0 Å². The summed E-state index contributed by atoms with van der Waals surface area (Å²) in [5.74, 6) is 0.782. The number of carbonyl (C=O) groups is 2. The summed E-state index contributed by atoms with van der Waals surface area (Å²) in [4.78, 5) is 22.0. The molecule has 0 aliphatic rings. The topological polar surface area (TPSA) is 43.4 Å². The van der Waals surface area contributed by atoms with Crippen LogP contribution in [0, 0.1) is 11.8 Å². The molecule has 0 aromatic heterocycles. The molecule has 0 amide bonds. The van der Waals surface area contributed by atoms with Crippen molar-refractivity contribution in [2.75, 3.05) is 6.61 Å². The fraction of sp³-hybridized carbons (Fsp3) is 0.833. The number of hydrogen-bond donors (Lipinski definition) is 0. The second-order valence-corrected chi connectivity index (χ2v) is 4.57. The van der Waals surface area contributed by atoms with Gasteiger partial charge in [-0.05, 0) is 18.3 Å². The summed E-state index contributed by atoms with van der Waals surface area (Å²) in [7, 11) is 0. The SMILES string of the molecule is CC(=O)OCCC(C)CC(=O)CC(C)C. The smallest absolute Gasteiger partial charge is 0.302 e. The molecular weight excluding hydrogens is 192 g/mol. The van der Waals surface area contributed by atoms with Crippen LogP contribution in [0.25, 0.3) is 0 Å². The number of esters is 1. The van der Waals surface area contributed by atoms with E-state index in [1.807, 2.05) is 20.8 Å². The van der Waals surface area contributed by atoms with Crippen molar-refractivity contribution in [3.63, 3.8) is 0 Å². The van der Waals surface area contributed by atoms with Crippen molar-refractivity contribution < 1.29 is 14.3 Å². The van der Waals surface area contributed by atoms with E-state index in [0.29, 0.717) is 37.1 Å². The second kappa shape index (κ2) is 7.43. The molecule has 0 aromatic carbocycles. The van der Waals surface area contributed by atoms with Crippen molar-refractivity contribution in [1.29, 1.82) is 0 Å². The molecule has 0 spiro atoms. The van der Waals surface area contributed by atoms with Gasteiger partial charge in [0.25, 0.3) is 0 Å². The predicted molar refractivity (Wildman–Crippen MR) is 59.5 cm³/mol. The third-order valence-electron chi connectivity index (χ3n) is 2.13. The number of rotatable bonds is 7. The molecule has 0 saturated carbocycles. The number of carbonyl (C=O) groups excluding carboxylic acids is 2. The minimum atomic E-state index is -0.254. The number of ether oxygens (including phenoxy) is 1. The van der Waals surface area contributed by atoms with Crippen molar-refractivity contribution in [3.8, 4) is 0 Å². The van der Waals surface area contributed by atoms with Crippen LogP contribution in [0.15, 0.2) is 0 Å². The van der Waals surface area contributed by atoms with E-state index in [9.17, 15) is 9.59 Å². The van der Waals surface area contributed by atoms with Gasteiger partial charge in [-0.2, -0.15) is 0 Å². The molecule has 0 N–H and O–H groups in total. The average molecular weight is 214 g/mol. The molecule has 0 aliphatic heterocycles. The third kappa shape index (κ3) is 9.44. The van der Waals surface area contributed by atoms with Gasteiger partial charge in [0.2, 0.25) is 0 Å². The van der Waals surface area contributed by atoms with Crippen molar-refractivity contribution in [2.24, 2.45) is 11.8 Å². The van der Waals surface area contributed by atoms with Crippen LogP contribution in [0.2, 0.25) is 0 Å². The molecular formula is C12H22O3. The largest absolute Gasteiger partial charge is 0.466 e. The van der Waals surface area contributed by atoms with Crippen LogP contribution in [-0.2, 0) is 14.3 Å². The highest BCUT2D eigenvalue weighted by molar-refractivity contribution is 5.78. The Balaban J connectivity index is 3.59. The van der Waals surface area contributed by atoms with Gasteiger partial charge in [-0.15, -0.1) is 0 Å². The maximum atomic E-state index is 11.5. The zero-order chi connectivity index (χ0) is 11.8. The Morgan fingerprint density at radius 3 is 2.20 bits per heavy atom. The van der Waals surface area contributed by atoms with E-state index in [4.69, 9.17) is 4.74 Å². The van der Waals surface area contributed by atoms with Gasteiger partial charge in [-0.1, -0.05) is 20.8 Å². The first kappa shape index (κ1) is 14.1. The van der Waals surface area contributed by atoms with Crippen molar-refractivity contribution in [2.45, 2.75) is 47.0 Å². The lowest BCUT2D eigenvalue weighted by atomic mass is 9.96. The fourth-order valence-electron chi connectivity index (χ4n) is 1.43. The van der Waals surface area contributed by atoms with Crippen molar-refractivity contribution >= 4 is 11.8 Å². The minimum absolute atomic E-state index is 0.254. The summed E-state index contributed by atoms with van der Waals surface area (Å²) >= 11 is 0. The summed E-state index contributed by atoms with van der Waals surface area (Å²) in [6, 6.07) is 0. The minimum Gasteiger partial charge on any atom is -0.466 e. The van der Waals surface area contributed by atoms with Crippen LogP contribution in [0.4, 0.5) is 0 Å². The standard InChI is InChI=1S/C12H22O3/c1-9(2)7-12(14)8-10(3)5-6-15-11(4)13/h9-10H,5-8H2,1-4H3. The van der Waals surface area contributed by atoms with Gasteiger partial charge in [0.1, 0.15) is 5.78 Å². The highest BCUT2D eigenvalue weighted by Gasteiger charge is 2.11. The van der Waals surface area contributed by atoms with Gasteiger partial charge in [-0.25, -0.2) is 0 Å². The van der Waals surface area contributed by atoms with E-state index in [1.165, 1.54) is 6.92 Å². The van der Waals surface area contributed by atoms with Gasteiger partial charge >= 0.3 is 5.97 Å². The van der Waals surface area contributed by atoms with Crippen LogP contribution in [0.3, 0.4) is 0 Å². The summed E-state index contributed by atoms with van der Waals surface area (Å²) in [5.41, 5.74) is 0. The summed E-state index contributed by atoms with van der Waals surface area (Å²) in [6.07, 6.45) is 2.01. The molecule has 0 aromatic rings. The lowest BCUT2D eigenvalue weighted by Gasteiger charge is -2.11. The van der Waals surface area contributed by atoms with E-state index in [2.05, 4.69) is 0 Å². The van der Waals surface area contributed by atoms with E-state index in [1.54, 1.807) is 0 Å². The predicted octanol–water partition coefficient (Wildman–Crippen LogP) is 2.58. The number of ketones is 1. The van der Waals surface area contributed by atoms with E-state index in [0.717, 1.165) is 6.42 Å². The Morgan fingerprint density at radius 2 is 1.73 bits per heavy atom. The maximum Gasteiger partial charge on any atom is 0.302 e. The zero-order valence-electron chi connectivity index (χ0n) is 10.2. The summed E-state index contributed by atoms with van der Waals surface area (Å²) in [6.45, 7) is 7.92. The normalized spacial score (nSPS) is 12.6. The van der Waals surface area contributed by atoms with E-state index in [-0.39, 0.29) is 5.97 Å². The molecule has 1 atom stereocenters. The molecule has 0 aliphatic carbocycles. The Hall–Kier alpha value is -0.860. The van der Waals surface area contributed by atoms with Crippen LogP contribution in [0.1, 0.15) is 47.0 Å². The van der Waals surface area contributed by atoms with Gasteiger partial charge in [0, 0.05) is 19.8 Å². The Bertz CT molecular complexity index is 209. The monoisotopic (exact) mass is 214 g/mol. The molecule has 3 nitrogen and oxygen atoms in total. The van der Waals surface area contributed by atoms with Crippen LogP contribution < -0.4 is 0 Å². The first-order chi connectivity index (χ1) is 6.91. The first-order valence-electron chi connectivity index (χ1n) is 5.56. The zero-order valence-corrected chi connectivity index (χ0v) is 10.2. The molecule has 0 heterocycles. The Labute approximate surface area is 92.2 Å². The second-order valence-electron chi connectivity index (χ2n) is 4.57. The Morgan fingerprint density at radius 1 is 1.13 bits per heavy atom. The quantitative estimate of drug-likeness (QED) is 0.612. The van der Waals surface area contributed by atoms with Gasteiger partial charge in [-0.3, -0.25) is 9.59 Å². The van der Waals surface area contributed by atoms with Crippen molar-refractivity contribution in [1.82, 2.24) is 0 Å². The molecule has 15 heavy (non-hydrogen) atoms. The lowest BCUT2D eigenvalue weighted by Crippen LogP contribution is -2.11. The van der Waals surface area contributed by atoms with Crippen molar-refractivity contribution in [3.05, 3.63) is 0 Å². The molecule has 0 saturated heterocycles. The fourth-order valence-corrected chi connectivity index (χ4v) is 1.43. The van der Waals surface area contributed by atoms with Gasteiger partial charge in [0.15, 0.2) is 0 Å². The van der Waals surface area contributed by atoms with Gasteiger partial charge in [0.05, 0.1) is 6.61 Å². The Kier molecular flexibility index (Phi) is 7.01. The van der Waals surface area contributed by atoms with Crippen LogP contribution >= 0.6 is 0 Å². The highest BCUT2D eigenvalue weighted by atomic mass is 16.5.